The first-order valence-electron chi connectivity index (χ1n) is 10.2. The van der Waals surface area contributed by atoms with Crippen molar-refractivity contribution in [2.75, 3.05) is 0 Å². The van der Waals surface area contributed by atoms with Crippen molar-refractivity contribution in [3.8, 4) is 11.5 Å². The SMILES string of the molecule is C[C@@H]1CCCC[C@H]1NC(=S)N(Cc1nnc(-c2cccc([N+](=O)[O-])c2)o1)C1CC1. The number of rotatable bonds is 6. The van der Waals surface area contributed by atoms with Crippen molar-refractivity contribution in [2.24, 2.45) is 5.92 Å². The van der Waals surface area contributed by atoms with Gasteiger partial charge in [0.1, 0.15) is 0 Å². The highest BCUT2D eigenvalue weighted by Crippen LogP contribution is 2.30. The van der Waals surface area contributed by atoms with E-state index in [9.17, 15) is 10.1 Å². The second-order valence-corrected chi connectivity index (χ2v) is 8.37. The highest BCUT2D eigenvalue weighted by molar-refractivity contribution is 7.80. The van der Waals surface area contributed by atoms with E-state index in [4.69, 9.17) is 16.6 Å². The topological polar surface area (TPSA) is 97.3 Å². The molecule has 0 spiro atoms. The van der Waals surface area contributed by atoms with Crippen molar-refractivity contribution in [1.82, 2.24) is 20.4 Å². The van der Waals surface area contributed by atoms with E-state index < -0.39 is 4.92 Å². The van der Waals surface area contributed by atoms with Crippen LogP contribution in [0.15, 0.2) is 28.7 Å². The third kappa shape index (κ3) is 4.72. The van der Waals surface area contributed by atoms with Gasteiger partial charge in [0.15, 0.2) is 5.11 Å². The Bertz CT molecular complexity index is 898. The molecule has 1 heterocycles. The summed E-state index contributed by atoms with van der Waals surface area (Å²) in [6, 6.07) is 7.03. The summed E-state index contributed by atoms with van der Waals surface area (Å²) in [6.07, 6.45) is 7.13. The van der Waals surface area contributed by atoms with Gasteiger partial charge in [-0.15, -0.1) is 10.2 Å². The van der Waals surface area contributed by atoms with Gasteiger partial charge in [-0.1, -0.05) is 25.8 Å². The summed E-state index contributed by atoms with van der Waals surface area (Å²) in [6.45, 7) is 2.73. The molecular weight excluding hydrogens is 390 g/mol. The van der Waals surface area contributed by atoms with Crippen molar-refractivity contribution < 1.29 is 9.34 Å². The van der Waals surface area contributed by atoms with E-state index in [1.807, 2.05) is 0 Å². The van der Waals surface area contributed by atoms with Crippen LogP contribution in [0.25, 0.3) is 11.5 Å². The maximum atomic E-state index is 11.0. The second-order valence-electron chi connectivity index (χ2n) is 7.99. The van der Waals surface area contributed by atoms with Gasteiger partial charge in [0, 0.05) is 29.8 Å². The van der Waals surface area contributed by atoms with E-state index in [-0.39, 0.29) is 11.6 Å². The average molecular weight is 416 g/mol. The molecule has 0 amide bonds. The summed E-state index contributed by atoms with van der Waals surface area (Å²) < 4.78 is 5.80. The molecule has 154 valence electrons. The van der Waals surface area contributed by atoms with E-state index >= 15 is 0 Å². The van der Waals surface area contributed by atoms with Crippen LogP contribution in [0.5, 0.6) is 0 Å². The lowest BCUT2D eigenvalue weighted by Crippen LogP contribution is -2.48. The zero-order chi connectivity index (χ0) is 20.4. The Morgan fingerprint density at radius 2 is 2.10 bits per heavy atom. The molecule has 1 aromatic heterocycles. The van der Waals surface area contributed by atoms with Crippen LogP contribution in [0, 0.1) is 16.0 Å². The van der Waals surface area contributed by atoms with Crippen molar-refractivity contribution in [3.63, 3.8) is 0 Å². The molecule has 2 aromatic rings. The van der Waals surface area contributed by atoms with Gasteiger partial charge >= 0.3 is 0 Å². The Labute approximate surface area is 174 Å². The zero-order valence-corrected chi connectivity index (χ0v) is 17.2. The number of nitrogens with zero attached hydrogens (tertiary/aromatic N) is 4. The number of nitro benzene ring substituents is 1. The minimum Gasteiger partial charge on any atom is -0.419 e. The fourth-order valence-corrected chi connectivity index (χ4v) is 4.22. The summed E-state index contributed by atoms with van der Waals surface area (Å²) in [5, 5.41) is 23.5. The van der Waals surface area contributed by atoms with Crippen molar-refractivity contribution in [1.29, 1.82) is 0 Å². The Morgan fingerprint density at radius 1 is 1.31 bits per heavy atom. The van der Waals surface area contributed by atoms with Crippen LogP contribution >= 0.6 is 12.2 Å². The average Bonchev–Trinajstić information content (AvgIpc) is 3.45. The Balaban J connectivity index is 1.45. The monoisotopic (exact) mass is 415 g/mol. The van der Waals surface area contributed by atoms with Crippen LogP contribution in [0.3, 0.4) is 0 Å². The van der Waals surface area contributed by atoms with Crippen LogP contribution in [0.2, 0.25) is 0 Å². The molecule has 0 aliphatic heterocycles. The van der Waals surface area contributed by atoms with Crippen LogP contribution < -0.4 is 5.32 Å². The van der Waals surface area contributed by atoms with Crippen LogP contribution in [0.4, 0.5) is 5.69 Å². The predicted octanol–water partition coefficient (Wildman–Crippen LogP) is 4.06. The van der Waals surface area contributed by atoms with Gasteiger partial charge in [-0.2, -0.15) is 0 Å². The fourth-order valence-electron chi connectivity index (χ4n) is 3.86. The smallest absolute Gasteiger partial charge is 0.270 e. The number of nitro groups is 1. The maximum absolute atomic E-state index is 11.0. The molecule has 2 fully saturated rings. The number of benzene rings is 1. The summed E-state index contributed by atoms with van der Waals surface area (Å²) in [5.41, 5.74) is 0.529. The van der Waals surface area contributed by atoms with Gasteiger partial charge in [-0.3, -0.25) is 10.1 Å². The summed E-state index contributed by atoms with van der Waals surface area (Å²) in [5.74, 6) is 1.35. The van der Waals surface area contributed by atoms with Gasteiger partial charge in [-0.05, 0) is 49.9 Å². The third-order valence-corrected chi connectivity index (χ3v) is 6.10. The molecule has 1 N–H and O–H groups in total. The number of thiocarbonyl (C=S) groups is 1. The molecule has 29 heavy (non-hydrogen) atoms. The van der Waals surface area contributed by atoms with Crippen LogP contribution in [0.1, 0.15) is 51.3 Å². The number of aromatic nitrogens is 2. The van der Waals surface area contributed by atoms with Gasteiger partial charge in [0.05, 0.1) is 11.5 Å². The third-order valence-electron chi connectivity index (χ3n) is 5.75. The van der Waals surface area contributed by atoms with E-state index in [1.54, 1.807) is 12.1 Å². The van der Waals surface area contributed by atoms with Gasteiger partial charge < -0.3 is 14.6 Å². The summed E-state index contributed by atoms with van der Waals surface area (Å²) in [4.78, 5) is 12.7. The molecule has 9 heteroatoms. The van der Waals surface area contributed by atoms with Crippen molar-refractivity contribution >= 4 is 23.0 Å². The van der Waals surface area contributed by atoms with Gasteiger partial charge in [-0.25, -0.2) is 0 Å². The van der Waals surface area contributed by atoms with E-state index in [2.05, 4.69) is 27.3 Å². The van der Waals surface area contributed by atoms with Gasteiger partial charge in [0.25, 0.3) is 5.69 Å². The van der Waals surface area contributed by atoms with E-state index in [0.29, 0.717) is 36.0 Å². The molecule has 0 bridgehead atoms. The zero-order valence-electron chi connectivity index (χ0n) is 16.4. The Hall–Kier alpha value is -2.55. The molecule has 4 rings (SSSR count). The molecule has 0 saturated heterocycles. The lowest BCUT2D eigenvalue weighted by Gasteiger charge is -2.33. The first-order valence-corrected chi connectivity index (χ1v) is 10.6. The molecule has 2 aliphatic carbocycles. The molecule has 2 saturated carbocycles. The molecule has 8 nitrogen and oxygen atoms in total. The molecule has 2 atom stereocenters. The Kier molecular flexibility index (Phi) is 5.75. The normalized spacial score (nSPS) is 21.6. The van der Waals surface area contributed by atoms with Crippen LogP contribution in [-0.4, -0.2) is 37.2 Å². The van der Waals surface area contributed by atoms with E-state index in [0.717, 1.165) is 24.4 Å². The van der Waals surface area contributed by atoms with Crippen LogP contribution in [-0.2, 0) is 6.54 Å². The largest absolute Gasteiger partial charge is 0.419 e. The van der Waals surface area contributed by atoms with Crippen molar-refractivity contribution in [3.05, 3.63) is 40.3 Å². The fraction of sp³-hybridized carbons (Fsp3) is 0.550. The van der Waals surface area contributed by atoms with E-state index in [1.165, 1.54) is 31.4 Å². The maximum Gasteiger partial charge on any atom is 0.270 e. The molecule has 2 aliphatic rings. The molecule has 1 aromatic carbocycles. The highest BCUT2D eigenvalue weighted by atomic mass is 32.1. The quantitative estimate of drug-likeness (QED) is 0.428. The summed E-state index contributed by atoms with van der Waals surface area (Å²) in [7, 11) is 0. The number of nitrogens with one attached hydrogen (secondary N) is 1. The standard InChI is InChI=1S/C20H25N5O3S/c1-13-5-2-3-8-17(13)21-20(29)24(15-9-10-15)12-18-22-23-19(28-18)14-6-4-7-16(11-14)25(26)27/h4,6-7,11,13,15,17H,2-3,5,8-10,12H2,1H3,(H,21,29)/t13-,17-/m1/s1. The summed E-state index contributed by atoms with van der Waals surface area (Å²) >= 11 is 5.72. The lowest BCUT2D eigenvalue weighted by molar-refractivity contribution is -0.384. The second kappa shape index (κ2) is 8.44. The molecule has 0 unspecified atom stereocenters. The minimum atomic E-state index is -0.439. The first-order chi connectivity index (χ1) is 14.0. The number of hydrogen-bond acceptors (Lipinski definition) is 6. The lowest BCUT2D eigenvalue weighted by atomic mass is 9.86. The van der Waals surface area contributed by atoms with Gasteiger partial charge in [0.2, 0.25) is 11.8 Å². The number of hydrogen-bond donors (Lipinski definition) is 1. The number of non-ortho nitro benzene ring substituents is 1. The first kappa shape index (κ1) is 19.8. The van der Waals surface area contributed by atoms with Crippen molar-refractivity contribution in [2.45, 2.75) is 64.1 Å². The predicted molar refractivity (Wildman–Crippen MR) is 112 cm³/mol. The minimum absolute atomic E-state index is 0.00571. The highest BCUT2D eigenvalue weighted by Gasteiger charge is 2.33. The Morgan fingerprint density at radius 3 is 2.83 bits per heavy atom. The molecule has 0 radical (unpaired) electrons. The molecular formula is C20H25N5O3S.